The Balaban J connectivity index is 1.46. The van der Waals surface area contributed by atoms with Gasteiger partial charge in [0.15, 0.2) is 0 Å². The Morgan fingerprint density at radius 2 is 1.91 bits per heavy atom. The molecule has 32 heavy (non-hydrogen) atoms. The molecule has 0 fully saturated rings. The van der Waals surface area contributed by atoms with Gasteiger partial charge in [-0.2, -0.15) is 5.10 Å². The lowest BCUT2D eigenvalue weighted by Crippen LogP contribution is -2.16. The molecule has 7 heteroatoms. The lowest BCUT2D eigenvalue weighted by atomic mass is 9.94. The van der Waals surface area contributed by atoms with Gasteiger partial charge in [-0.25, -0.2) is 9.97 Å². The van der Waals surface area contributed by atoms with E-state index in [0.29, 0.717) is 0 Å². The lowest BCUT2D eigenvalue weighted by molar-refractivity contribution is 0.415. The van der Waals surface area contributed by atoms with E-state index in [1.165, 1.54) is 5.56 Å². The highest BCUT2D eigenvalue weighted by Crippen LogP contribution is 2.35. The van der Waals surface area contributed by atoms with Gasteiger partial charge in [0.1, 0.15) is 10.8 Å². The number of pyridine rings is 2. The molecule has 1 aliphatic carbocycles. The van der Waals surface area contributed by atoms with Crippen molar-refractivity contribution < 1.29 is 4.74 Å². The minimum atomic E-state index is 0.822. The maximum Gasteiger partial charge on any atom is 0.125 e. The number of aryl methyl sites for hydroxylation is 2. The highest BCUT2D eigenvalue weighted by Gasteiger charge is 2.20. The number of fused-ring (bicyclic) bond motifs is 1. The number of hydrazone groups is 1. The van der Waals surface area contributed by atoms with Gasteiger partial charge >= 0.3 is 0 Å². The highest BCUT2D eigenvalue weighted by molar-refractivity contribution is 7.18. The summed E-state index contributed by atoms with van der Waals surface area (Å²) in [6.07, 6.45) is 6.61. The average Bonchev–Trinajstić information content (AvgIpc) is 3.25. The number of aromatic nitrogens is 3. The van der Waals surface area contributed by atoms with Crippen molar-refractivity contribution in [1.82, 2.24) is 15.0 Å². The van der Waals surface area contributed by atoms with Crippen LogP contribution in [0.25, 0.3) is 21.1 Å². The molecule has 0 bridgehead atoms. The fourth-order valence-electron chi connectivity index (χ4n) is 3.78. The number of thiazole rings is 1. The van der Waals surface area contributed by atoms with Crippen LogP contribution in [-0.4, -0.2) is 27.8 Å². The number of hydrogen-bond donors (Lipinski definition) is 1. The van der Waals surface area contributed by atoms with E-state index < -0.39 is 0 Å². The zero-order chi connectivity index (χ0) is 21.9. The molecule has 0 radical (unpaired) electrons. The molecular formula is C25H23N5OS. The normalized spacial score (nSPS) is 14.2. The Morgan fingerprint density at radius 3 is 2.69 bits per heavy atom. The third kappa shape index (κ3) is 4.11. The van der Waals surface area contributed by atoms with Crippen molar-refractivity contribution >= 4 is 22.7 Å². The van der Waals surface area contributed by atoms with Crippen molar-refractivity contribution in [2.75, 3.05) is 12.5 Å². The summed E-state index contributed by atoms with van der Waals surface area (Å²) in [4.78, 5) is 15.1. The smallest absolute Gasteiger partial charge is 0.125 e. The lowest BCUT2D eigenvalue weighted by Gasteiger charge is -2.18. The van der Waals surface area contributed by atoms with Crippen molar-refractivity contribution in [3.05, 3.63) is 77.9 Å². The van der Waals surface area contributed by atoms with Crippen LogP contribution in [-0.2, 0) is 6.42 Å². The van der Waals surface area contributed by atoms with Gasteiger partial charge < -0.3 is 4.74 Å². The average molecular weight is 442 g/mol. The Hall–Kier alpha value is -3.58. The summed E-state index contributed by atoms with van der Waals surface area (Å²) in [6.45, 7) is 2.03. The van der Waals surface area contributed by atoms with Gasteiger partial charge in [-0.05, 0) is 74.2 Å². The molecule has 5 rings (SSSR count). The van der Waals surface area contributed by atoms with Gasteiger partial charge in [-0.15, -0.1) is 11.3 Å². The van der Waals surface area contributed by atoms with E-state index in [1.807, 2.05) is 49.5 Å². The summed E-state index contributed by atoms with van der Waals surface area (Å²) >= 11 is 1.65. The molecule has 0 amide bonds. The number of methoxy groups -OCH3 is 1. The number of nitrogens with zero attached hydrogens (tertiary/aromatic N) is 4. The Kier molecular flexibility index (Phi) is 5.64. The molecule has 0 spiro atoms. The molecule has 3 heterocycles. The quantitative estimate of drug-likeness (QED) is 0.400. The second-order valence-corrected chi connectivity index (χ2v) is 8.63. The number of rotatable bonds is 5. The predicted octanol–water partition coefficient (Wildman–Crippen LogP) is 5.74. The fraction of sp³-hybridized carbons (Fsp3) is 0.200. The first-order valence-electron chi connectivity index (χ1n) is 10.6. The molecule has 0 saturated carbocycles. The standard InChI is InChI=1S/C25H23N5OS/c1-16-24(32-25(27-16)18-6-4-14-26-15-18)22-13-8-17-5-3-7-21(23(17)28-22)30-29-19-9-11-20(31-2)12-10-19/h4,6,8-15,29H,3,5,7H2,1-2H3/b30-21+. The van der Waals surface area contributed by atoms with E-state index in [9.17, 15) is 0 Å². The molecule has 6 nitrogen and oxygen atoms in total. The minimum absolute atomic E-state index is 0.822. The summed E-state index contributed by atoms with van der Waals surface area (Å²) in [5.74, 6) is 0.822. The predicted molar refractivity (Wildman–Crippen MR) is 129 cm³/mol. The van der Waals surface area contributed by atoms with Crippen LogP contribution in [0.1, 0.15) is 29.8 Å². The number of nitrogens with one attached hydrogen (secondary N) is 1. The number of ether oxygens (including phenoxy) is 1. The van der Waals surface area contributed by atoms with Crippen LogP contribution >= 0.6 is 11.3 Å². The molecule has 3 aromatic heterocycles. The van der Waals surface area contributed by atoms with E-state index in [2.05, 4.69) is 22.5 Å². The van der Waals surface area contributed by atoms with Crippen LogP contribution in [0.15, 0.2) is 66.0 Å². The Bertz CT molecular complexity index is 1270. The first kappa shape index (κ1) is 20.3. The van der Waals surface area contributed by atoms with Gasteiger partial charge in [0.25, 0.3) is 0 Å². The van der Waals surface area contributed by atoms with E-state index in [4.69, 9.17) is 19.8 Å². The van der Waals surface area contributed by atoms with Crippen LogP contribution < -0.4 is 10.2 Å². The maximum atomic E-state index is 5.22. The second-order valence-electron chi connectivity index (χ2n) is 7.63. The van der Waals surface area contributed by atoms with Crippen LogP contribution in [0.2, 0.25) is 0 Å². The third-order valence-electron chi connectivity index (χ3n) is 5.46. The third-order valence-corrected chi connectivity index (χ3v) is 6.69. The summed E-state index contributed by atoms with van der Waals surface area (Å²) < 4.78 is 5.22. The van der Waals surface area contributed by atoms with Gasteiger partial charge in [-0.3, -0.25) is 10.4 Å². The molecule has 1 aromatic carbocycles. The zero-order valence-corrected chi connectivity index (χ0v) is 18.8. The summed E-state index contributed by atoms with van der Waals surface area (Å²) in [7, 11) is 1.66. The van der Waals surface area contributed by atoms with Gasteiger partial charge in [0.2, 0.25) is 0 Å². The molecular weight excluding hydrogens is 418 g/mol. The van der Waals surface area contributed by atoms with Gasteiger partial charge in [-0.1, -0.05) is 6.07 Å². The van der Waals surface area contributed by atoms with E-state index in [1.54, 1.807) is 24.6 Å². The topological polar surface area (TPSA) is 72.3 Å². The summed E-state index contributed by atoms with van der Waals surface area (Å²) in [5, 5.41) is 5.66. The Morgan fingerprint density at radius 1 is 1.03 bits per heavy atom. The first-order chi connectivity index (χ1) is 15.7. The Labute approximate surface area is 191 Å². The molecule has 1 aliphatic rings. The largest absolute Gasteiger partial charge is 0.497 e. The number of benzene rings is 1. The van der Waals surface area contributed by atoms with E-state index in [-0.39, 0.29) is 0 Å². The van der Waals surface area contributed by atoms with Crippen molar-refractivity contribution in [2.24, 2.45) is 5.10 Å². The van der Waals surface area contributed by atoms with Crippen molar-refractivity contribution in [3.63, 3.8) is 0 Å². The number of anilines is 1. The van der Waals surface area contributed by atoms with Crippen molar-refractivity contribution in [2.45, 2.75) is 26.2 Å². The molecule has 1 N–H and O–H groups in total. The molecule has 4 aromatic rings. The molecule has 160 valence electrons. The monoisotopic (exact) mass is 441 g/mol. The van der Waals surface area contributed by atoms with Crippen molar-refractivity contribution in [1.29, 1.82) is 0 Å². The fourth-order valence-corrected chi connectivity index (χ4v) is 4.81. The van der Waals surface area contributed by atoms with Crippen molar-refractivity contribution in [3.8, 4) is 26.9 Å². The maximum absolute atomic E-state index is 5.22. The van der Waals surface area contributed by atoms with Crippen LogP contribution in [0.4, 0.5) is 5.69 Å². The minimum Gasteiger partial charge on any atom is -0.497 e. The molecule has 0 atom stereocenters. The molecule has 0 unspecified atom stereocenters. The first-order valence-corrected chi connectivity index (χ1v) is 11.4. The highest BCUT2D eigenvalue weighted by atomic mass is 32.1. The molecule has 0 aliphatic heterocycles. The van der Waals surface area contributed by atoms with Crippen LogP contribution in [0, 0.1) is 6.92 Å². The number of hydrogen-bond acceptors (Lipinski definition) is 7. The van der Waals surface area contributed by atoms with Crippen LogP contribution in [0.3, 0.4) is 0 Å². The molecule has 0 saturated heterocycles. The van der Waals surface area contributed by atoms with Crippen LogP contribution in [0.5, 0.6) is 5.75 Å². The van der Waals surface area contributed by atoms with E-state index >= 15 is 0 Å². The zero-order valence-electron chi connectivity index (χ0n) is 18.0. The van der Waals surface area contributed by atoms with E-state index in [0.717, 1.165) is 68.9 Å². The SMILES string of the molecule is COc1ccc(N/N=C2\CCCc3ccc(-c4sc(-c5cccnc5)nc4C)nc32)cc1. The summed E-state index contributed by atoms with van der Waals surface area (Å²) in [5.41, 5.74) is 10.2. The summed E-state index contributed by atoms with van der Waals surface area (Å²) in [6, 6.07) is 16.0. The van der Waals surface area contributed by atoms with Gasteiger partial charge in [0, 0.05) is 18.0 Å². The van der Waals surface area contributed by atoms with Gasteiger partial charge in [0.05, 0.1) is 40.5 Å². The second kappa shape index (κ2) is 8.88.